The molecular formula is C14H23N3O3. The normalized spacial score (nSPS) is 39.5. The summed E-state index contributed by atoms with van der Waals surface area (Å²) in [7, 11) is 0. The molecule has 0 radical (unpaired) electrons. The van der Waals surface area contributed by atoms with Crippen LogP contribution in [0.15, 0.2) is 0 Å². The molecule has 4 fully saturated rings. The average molecular weight is 281 g/mol. The summed E-state index contributed by atoms with van der Waals surface area (Å²) in [5.41, 5.74) is 0. The van der Waals surface area contributed by atoms with Crippen LogP contribution in [-0.4, -0.2) is 53.7 Å². The Morgan fingerprint density at radius 2 is 1.70 bits per heavy atom. The summed E-state index contributed by atoms with van der Waals surface area (Å²) >= 11 is 0. The zero-order chi connectivity index (χ0) is 14.1. The molecule has 4 rings (SSSR count). The third-order valence-corrected chi connectivity index (χ3v) is 5.12. The van der Waals surface area contributed by atoms with Gasteiger partial charge in [0, 0.05) is 18.6 Å². The van der Waals surface area contributed by atoms with Crippen LogP contribution in [0.1, 0.15) is 32.1 Å². The van der Waals surface area contributed by atoms with Gasteiger partial charge < -0.3 is 20.6 Å². The zero-order valence-electron chi connectivity index (χ0n) is 11.7. The number of nitrogens with one attached hydrogen (secondary N) is 2. The molecule has 4 aliphatic rings. The quantitative estimate of drug-likeness (QED) is 0.709. The van der Waals surface area contributed by atoms with Gasteiger partial charge in [0.15, 0.2) is 0 Å². The van der Waals surface area contributed by atoms with E-state index in [-0.39, 0.29) is 18.1 Å². The SMILES string of the molecule is O=C(NC1CN2CCC1CC2)NC1CCCC1C(=O)O. The molecule has 0 spiro atoms. The molecule has 3 unspecified atom stereocenters. The highest BCUT2D eigenvalue weighted by molar-refractivity contribution is 5.77. The molecule has 6 heteroatoms. The number of carbonyl (C=O) groups excluding carboxylic acids is 1. The first-order valence-corrected chi connectivity index (χ1v) is 7.65. The molecular weight excluding hydrogens is 258 g/mol. The fraction of sp³-hybridized carbons (Fsp3) is 0.857. The lowest BCUT2D eigenvalue weighted by Gasteiger charge is -2.45. The van der Waals surface area contributed by atoms with Crippen molar-refractivity contribution in [1.82, 2.24) is 15.5 Å². The first-order valence-electron chi connectivity index (χ1n) is 7.65. The van der Waals surface area contributed by atoms with Gasteiger partial charge in [-0.15, -0.1) is 0 Å². The van der Waals surface area contributed by atoms with Gasteiger partial charge in [0.2, 0.25) is 0 Å². The van der Waals surface area contributed by atoms with Crippen molar-refractivity contribution in [3.8, 4) is 0 Å². The number of piperidine rings is 3. The standard InChI is InChI=1S/C14H23N3O3/c18-13(19)10-2-1-3-11(10)15-14(20)16-12-8-17-6-4-9(12)5-7-17/h9-12H,1-8H2,(H,18,19)(H2,15,16,20). The van der Waals surface area contributed by atoms with E-state index < -0.39 is 11.9 Å². The van der Waals surface area contributed by atoms with Crippen LogP contribution in [0.5, 0.6) is 0 Å². The van der Waals surface area contributed by atoms with Crippen molar-refractivity contribution in [3.63, 3.8) is 0 Å². The van der Waals surface area contributed by atoms with Gasteiger partial charge in [-0.3, -0.25) is 4.79 Å². The van der Waals surface area contributed by atoms with Crippen molar-refractivity contribution in [1.29, 1.82) is 0 Å². The van der Waals surface area contributed by atoms with E-state index in [0.717, 1.165) is 45.3 Å². The Morgan fingerprint density at radius 1 is 1.00 bits per heavy atom. The van der Waals surface area contributed by atoms with E-state index in [2.05, 4.69) is 15.5 Å². The zero-order valence-corrected chi connectivity index (χ0v) is 11.7. The van der Waals surface area contributed by atoms with E-state index in [4.69, 9.17) is 5.11 Å². The molecule has 112 valence electrons. The summed E-state index contributed by atoms with van der Waals surface area (Å²) < 4.78 is 0. The van der Waals surface area contributed by atoms with E-state index >= 15 is 0 Å². The van der Waals surface area contributed by atoms with Gasteiger partial charge in [-0.1, -0.05) is 6.42 Å². The molecule has 3 atom stereocenters. The fourth-order valence-electron chi connectivity index (χ4n) is 3.94. The molecule has 1 aliphatic carbocycles. The Morgan fingerprint density at radius 3 is 2.30 bits per heavy atom. The highest BCUT2D eigenvalue weighted by Gasteiger charge is 2.37. The number of carboxylic acid groups (broad SMARTS) is 1. The molecule has 0 aromatic rings. The Balaban J connectivity index is 1.51. The second-order valence-electron chi connectivity index (χ2n) is 6.34. The number of carboxylic acids is 1. The second-order valence-corrected chi connectivity index (χ2v) is 6.34. The van der Waals surface area contributed by atoms with Crippen LogP contribution >= 0.6 is 0 Å². The maximum atomic E-state index is 12.1. The van der Waals surface area contributed by atoms with Crippen LogP contribution in [0.2, 0.25) is 0 Å². The number of hydrogen-bond acceptors (Lipinski definition) is 3. The van der Waals surface area contributed by atoms with E-state index in [9.17, 15) is 9.59 Å². The maximum absolute atomic E-state index is 12.1. The predicted molar refractivity (Wildman–Crippen MR) is 73.4 cm³/mol. The van der Waals surface area contributed by atoms with Crippen LogP contribution in [0.3, 0.4) is 0 Å². The van der Waals surface area contributed by atoms with Crippen LogP contribution in [0, 0.1) is 11.8 Å². The molecule has 2 bridgehead atoms. The third-order valence-electron chi connectivity index (χ3n) is 5.12. The number of fused-ring (bicyclic) bond motifs is 3. The maximum Gasteiger partial charge on any atom is 0.315 e. The fourth-order valence-corrected chi connectivity index (χ4v) is 3.94. The van der Waals surface area contributed by atoms with Crippen molar-refractivity contribution in [2.24, 2.45) is 11.8 Å². The summed E-state index contributed by atoms with van der Waals surface area (Å²) in [6, 6.07) is -0.183. The van der Waals surface area contributed by atoms with Gasteiger partial charge in [0.25, 0.3) is 0 Å². The summed E-state index contributed by atoms with van der Waals surface area (Å²) in [6.45, 7) is 3.23. The average Bonchev–Trinajstić information content (AvgIpc) is 2.88. The Hall–Kier alpha value is -1.30. The van der Waals surface area contributed by atoms with Crippen molar-refractivity contribution in [2.45, 2.75) is 44.2 Å². The molecule has 2 amide bonds. The highest BCUT2D eigenvalue weighted by atomic mass is 16.4. The van der Waals surface area contributed by atoms with Gasteiger partial charge in [-0.2, -0.15) is 0 Å². The third kappa shape index (κ3) is 2.75. The van der Waals surface area contributed by atoms with Crippen LogP contribution < -0.4 is 10.6 Å². The van der Waals surface area contributed by atoms with Crippen molar-refractivity contribution < 1.29 is 14.7 Å². The molecule has 0 aromatic carbocycles. The number of nitrogens with zero attached hydrogens (tertiary/aromatic N) is 1. The van der Waals surface area contributed by atoms with Crippen molar-refractivity contribution in [2.75, 3.05) is 19.6 Å². The largest absolute Gasteiger partial charge is 0.481 e. The van der Waals surface area contributed by atoms with Gasteiger partial charge in [0.05, 0.1) is 5.92 Å². The lowest BCUT2D eigenvalue weighted by molar-refractivity contribution is -0.142. The molecule has 3 aliphatic heterocycles. The molecule has 0 aromatic heterocycles. The molecule has 3 saturated heterocycles. The molecule has 3 N–H and O–H groups in total. The minimum Gasteiger partial charge on any atom is -0.481 e. The first-order chi connectivity index (χ1) is 9.63. The minimum absolute atomic E-state index is 0.193. The van der Waals surface area contributed by atoms with E-state index in [1.165, 1.54) is 0 Å². The Bertz CT molecular complexity index is 393. The van der Waals surface area contributed by atoms with Gasteiger partial charge in [0.1, 0.15) is 0 Å². The minimum atomic E-state index is -0.796. The number of carbonyl (C=O) groups is 2. The van der Waals surface area contributed by atoms with Crippen LogP contribution in [-0.2, 0) is 4.79 Å². The van der Waals surface area contributed by atoms with Crippen LogP contribution in [0.4, 0.5) is 4.79 Å². The summed E-state index contributed by atoms with van der Waals surface area (Å²) in [6.07, 6.45) is 4.63. The number of amides is 2. The second kappa shape index (κ2) is 5.60. The Kier molecular flexibility index (Phi) is 3.83. The number of urea groups is 1. The molecule has 1 saturated carbocycles. The van der Waals surface area contributed by atoms with E-state index in [1.807, 2.05) is 0 Å². The monoisotopic (exact) mass is 281 g/mol. The topological polar surface area (TPSA) is 81.7 Å². The van der Waals surface area contributed by atoms with Crippen molar-refractivity contribution >= 4 is 12.0 Å². The number of rotatable bonds is 3. The van der Waals surface area contributed by atoms with Gasteiger partial charge in [-0.25, -0.2) is 4.79 Å². The summed E-state index contributed by atoms with van der Waals surface area (Å²) in [5.74, 6) is -0.632. The predicted octanol–water partition coefficient (Wildman–Crippen LogP) is 0.633. The first kappa shape index (κ1) is 13.7. The van der Waals surface area contributed by atoms with E-state index in [0.29, 0.717) is 12.3 Å². The lowest BCUT2D eigenvalue weighted by atomic mass is 9.84. The summed E-state index contributed by atoms with van der Waals surface area (Å²) in [5, 5.41) is 15.0. The van der Waals surface area contributed by atoms with Gasteiger partial charge in [-0.05, 0) is 44.7 Å². The van der Waals surface area contributed by atoms with Crippen LogP contribution in [0.25, 0.3) is 0 Å². The highest BCUT2D eigenvalue weighted by Crippen LogP contribution is 2.28. The molecule has 20 heavy (non-hydrogen) atoms. The van der Waals surface area contributed by atoms with Crippen molar-refractivity contribution in [3.05, 3.63) is 0 Å². The molecule has 3 heterocycles. The van der Waals surface area contributed by atoms with E-state index in [1.54, 1.807) is 0 Å². The van der Waals surface area contributed by atoms with Gasteiger partial charge >= 0.3 is 12.0 Å². The molecule has 6 nitrogen and oxygen atoms in total. The summed E-state index contributed by atoms with van der Waals surface area (Å²) in [4.78, 5) is 25.6. The number of hydrogen-bond donors (Lipinski definition) is 3. The Labute approximate surface area is 118 Å². The lowest BCUT2D eigenvalue weighted by Crippen LogP contribution is -2.59. The smallest absolute Gasteiger partial charge is 0.315 e. The number of aliphatic carboxylic acids is 1.